The van der Waals surface area contributed by atoms with Gasteiger partial charge >= 0.3 is 0 Å². The van der Waals surface area contributed by atoms with Crippen LogP contribution in [-0.4, -0.2) is 44.2 Å². The van der Waals surface area contributed by atoms with Crippen molar-refractivity contribution in [2.45, 2.75) is 55.7 Å². The summed E-state index contributed by atoms with van der Waals surface area (Å²) < 4.78 is 47.8. The molecule has 10 heteroatoms. The zero-order valence-corrected chi connectivity index (χ0v) is 25.4. The Morgan fingerprint density at radius 1 is 0.905 bits per heavy atom. The molecule has 42 heavy (non-hydrogen) atoms. The van der Waals surface area contributed by atoms with Gasteiger partial charge < -0.3 is 4.74 Å². The van der Waals surface area contributed by atoms with Crippen molar-refractivity contribution < 1.29 is 22.3 Å². The van der Waals surface area contributed by atoms with E-state index < -0.39 is 27.0 Å². The number of nitrogens with one attached hydrogen (secondary N) is 1. The Labute approximate surface area is 256 Å². The largest absolute Gasteiger partial charge is 0.493 e. The number of carbonyl (C=O) groups is 1. The highest BCUT2D eigenvalue weighted by atomic mass is 35.5. The fourth-order valence-corrected chi connectivity index (χ4v) is 7.26. The van der Waals surface area contributed by atoms with Gasteiger partial charge in [0.1, 0.15) is 11.6 Å². The molecule has 0 bridgehead atoms. The molecule has 1 amide bonds. The van der Waals surface area contributed by atoms with Crippen molar-refractivity contribution in [3.8, 4) is 5.75 Å². The lowest BCUT2D eigenvalue weighted by atomic mass is 9.91. The molecule has 3 aromatic carbocycles. The molecular formula is C32H33Cl2FN2O4S. The molecule has 1 saturated heterocycles. The molecule has 1 aliphatic heterocycles. The van der Waals surface area contributed by atoms with Crippen molar-refractivity contribution in [2.24, 2.45) is 5.92 Å². The van der Waals surface area contributed by atoms with Crippen LogP contribution < -0.4 is 9.46 Å². The second-order valence-electron chi connectivity index (χ2n) is 11.6. The molecule has 0 unspecified atom stereocenters. The van der Waals surface area contributed by atoms with Gasteiger partial charge in [-0.05, 0) is 110 Å². The SMILES string of the molecule is O=C(NS(=O)(=O)C1CC1)c1cc(C2CC2)c(OCC2CCN(C(c3ccc(Cl)cc3)c3ccc(Cl)cc3)CC2)cc1F. The van der Waals surface area contributed by atoms with Crippen LogP contribution in [0.3, 0.4) is 0 Å². The van der Waals surface area contributed by atoms with Crippen molar-refractivity contribution >= 4 is 39.1 Å². The van der Waals surface area contributed by atoms with Crippen LogP contribution in [-0.2, 0) is 10.0 Å². The molecule has 6 rings (SSSR count). The first-order valence-electron chi connectivity index (χ1n) is 14.4. The molecule has 1 heterocycles. The van der Waals surface area contributed by atoms with Gasteiger partial charge in [0.15, 0.2) is 0 Å². The monoisotopic (exact) mass is 630 g/mol. The van der Waals surface area contributed by atoms with Gasteiger partial charge in [0.05, 0.1) is 23.5 Å². The third-order valence-corrected chi connectivity index (χ3v) is 10.7. The Kier molecular flexibility index (Phi) is 8.51. The number of halogens is 3. The van der Waals surface area contributed by atoms with Crippen molar-refractivity contribution in [3.63, 3.8) is 0 Å². The highest BCUT2D eigenvalue weighted by Gasteiger charge is 2.38. The van der Waals surface area contributed by atoms with E-state index in [1.54, 1.807) is 0 Å². The molecule has 6 nitrogen and oxygen atoms in total. The van der Waals surface area contributed by atoms with Crippen LogP contribution in [0.1, 0.15) is 77.5 Å². The topological polar surface area (TPSA) is 75.7 Å². The minimum absolute atomic E-state index is 0.0689. The first-order valence-corrected chi connectivity index (χ1v) is 16.8. The number of benzene rings is 3. The van der Waals surface area contributed by atoms with E-state index in [4.69, 9.17) is 27.9 Å². The fraction of sp³-hybridized carbons (Fsp3) is 0.406. The quantitative estimate of drug-likeness (QED) is 0.258. The van der Waals surface area contributed by atoms with Crippen LogP contribution in [0.4, 0.5) is 4.39 Å². The molecular weight excluding hydrogens is 598 g/mol. The maximum atomic E-state index is 15.1. The van der Waals surface area contributed by atoms with E-state index >= 15 is 4.39 Å². The lowest BCUT2D eigenvalue weighted by Crippen LogP contribution is -2.38. The number of nitrogens with zero attached hydrogens (tertiary/aromatic N) is 1. The zero-order valence-electron chi connectivity index (χ0n) is 23.1. The third kappa shape index (κ3) is 6.77. The molecule has 3 fully saturated rings. The summed E-state index contributed by atoms with van der Waals surface area (Å²) in [5.74, 6) is -0.774. The number of sulfonamides is 1. The van der Waals surface area contributed by atoms with Gasteiger partial charge in [0.25, 0.3) is 5.91 Å². The van der Waals surface area contributed by atoms with Crippen molar-refractivity contribution in [1.29, 1.82) is 0 Å². The molecule has 1 N–H and O–H groups in total. The molecule has 2 saturated carbocycles. The first kappa shape index (κ1) is 29.4. The summed E-state index contributed by atoms with van der Waals surface area (Å²) in [6.45, 7) is 2.17. The van der Waals surface area contributed by atoms with Crippen LogP contribution in [0.5, 0.6) is 5.75 Å². The Hall–Kier alpha value is -2.65. The molecule has 0 spiro atoms. The average Bonchev–Trinajstić information content (AvgIpc) is 3.87. The third-order valence-electron chi connectivity index (χ3n) is 8.42. The molecule has 3 aliphatic rings. The van der Waals surface area contributed by atoms with Gasteiger partial charge in [-0.2, -0.15) is 0 Å². The Bertz CT molecular complexity index is 1510. The molecule has 0 radical (unpaired) electrons. The lowest BCUT2D eigenvalue weighted by molar-refractivity contribution is 0.0977. The Morgan fingerprint density at radius 2 is 1.48 bits per heavy atom. The summed E-state index contributed by atoms with van der Waals surface area (Å²) in [6, 6.07) is 18.7. The fourth-order valence-electron chi connectivity index (χ4n) is 5.72. The van der Waals surface area contributed by atoms with Gasteiger partial charge in [-0.3, -0.25) is 9.69 Å². The smallest absolute Gasteiger partial charge is 0.267 e. The van der Waals surface area contributed by atoms with Crippen molar-refractivity contribution in [3.05, 3.63) is 98.8 Å². The number of carbonyl (C=O) groups excluding carboxylic acids is 1. The van der Waals surface area contributed by atoms with Crippen LogP contribution >= 0.6 is 23.2 Å². The van der Waals surface area contributed by atoms with Gasteiger partial charge in [0, 0.05) is 16.1 Å². The number of piperidine rings is 1. The van der Waals surface area contributed by atoms with Gasteiger partial charge in [-0.15, -0.1) is 0 Å². The molecule has 222 valence electrons. The minimum atomic E-state index is -3.77. The van der Waals surface area contributed by atoms with Crippen LogP contribution in [0, 0.1) is 11.7 Å². The number of likely N-dealkylation sites (tertiary alicyclic amines) is 1. The predicted octanol–water partition coefficient (Wildman–Crippen LogP) is 7.11. The Morgan fingerprint density at radius 3 is 2.00 bits per heavy atom. The first-order chi connectivity index (χ1) is 20.2. The molecule has 0 atom stereocenters. The van der Waals surface area contributed by atoms with Gasteiger partial charge in [-0.25, -0.2) is 17.5 Å². The summed E-state index contributed by atoms with van der Waals surface area (Å²) in [7, 11) is -3.77. The maximum Gasteiger partial charge on any atom is 0.267 e. The number of rotatable bonds is 10. The highest BCUT2D eigenvalue weighted by Crippen LogP contribution is 2.45. The summed E-state index contributed by atoms with van der Waals surface area (Å²) in [4.78, 5) is 15.1. The standard InChI is InChI=1S/C32H33Cl2FN2O4S/c33-24-7-3-22(4-8-24)31(23-5-9-25(34)10-6-23)37-15-13-20(14-16-37)19-41-30-18-29(35)28(17-27(30)21-1-2-21)32(38)36-42(39,40)26-11-12-26/h3-10,17-18,20-21,26,31H,1-2,11-16,19H2,(H,36,38). The highest BCUT2D eigenvalue weighted by molar-refractivity contribution is 7.91. The van der Waals surface area contributed by atoms with E-state index in [-0.39, 0.29) is 17.5 Å². The average molecular weight is 632 g/mol. The zero-order chi connectivity index (χ0) is 29.4. The van der Waals surface area contributed by atoms with E-state index in [0.29, 0.717) is 41.2 Å². The van der Waals surface area contributed by atoms with Crippen LogP contribution in [0.2, 0.25) is 10.0 Å². The van der Waals surface area contributed by atoms with E-state index in [9.17, 15) is 13.2 Å². The molecule has 2 aliphatic carbocycles. The number of hydrogen-bond donors (Lipinski definition) is 1. The lowest BCUT2D eigenvalue weighted by Gasteiger charge is -2.38. The summed E-state index contributed by atoms with van der Waals surface area (Å²) in [5.41, 5.74) is 2.84. The van der Waals surface area contributed by atoms with Crippen molar-refractivity contribution in [2.75, 3.05) is 19.7 Å². The van der Waals surface area contributed by atoms with Crippen molar-refractivity contribution in [1.82, 2.24) is 9.62 Å². The normalized spacial score (nSPS) is 18.3. The van der Waals surface area contributed by atoms with E-state index in [1.807, 2.05) is 29.0 Å². The minimum Gasteiger partial charge on any atom is -0.493 e. The predicted molar refractivity (Wildman–Crippen MR) is 162 cm³/mol. The summed E-state index contributed by atoms with van der Waals surface area (Å²) in [6.07, 6.45) is 4.73. The van der Waals surface area contributed by atoms with Crippen LogP contribution in [0.25, 0.3) is 0 Å². The van der Waals surface area contributed by atoms with Gasteiger partial charge in [0.2, 0.25) is 10.0 Å². The van der Waals surface area contributed by atoms with Crippen LogP contribution in [0.15, 0.2) is 60.7 Å². The summed E-state index contributed by atoms with van der Waals surface area (Å²) >= 11 is 12.3. The molecule has 0 aromatic heterocycles. The van der Waals surface area contributed by atoms with E-state index in [0.717, 1.165) is 55.5 Å². The van der Waals surface area contributed by atoms with E-state index in [2.05, 4.69) is 29.2 Å². The molecule has 3 aromatic rings. The number of amides is 1. The summed E-state index contributed by atoms with van der Waals surface area (Å²) in [5, 5.41) is 0.834. The Balaban J connectivity index is 1.12. The maximum absolute atomic E-state index is 15.1. The van der Waals surface area contributed by atoms with E-state index in [1.165, 1.54) is 12.1 Å². The number of hydrogen-bond acceptors (Lipinski definition) is 5. The second-order valence-corrected chi connectivity index (χ2v) is 14.4. The number of ether oxygens (including phenoxy) is 1. The van der Waals surface area contributed by atoms with Gasteiger partial charge in [-0.1, -0.05) is 47.5 Å². The second kappa shape index (κ2) is 12.2.